The van der Waals surface area contributed by atoms with E-state index in [1.54, 1.807) is 4.57 Å². The summed E-state index contributed by atoms with van der Waals surface area (Å²) in [4.78, 5) is 27.0. The molecule has 4 aromatic rings. The van der Waals surface area contributed by atoms with Gasteiger partial charge in [0.05, 0.1) is 0 Å². The Morgan fingerprint density at radius 1 is 0.842 bits per heavy atom. The standard InChI is InChI=1S/C15H20FN3O.C11H12FN3O.2H2S/c1-10(2)9-18-14(11-5-3-4-6-11)17-19-12(15(18)20)7-8-13(19)16;12-9-6-5-8-11(16)13-10(14-15(8)9)7-3-1-2-4-7;;/h7-8,10-11H,3-6,9H2,1-2H3;5-7H,1-4H2,(H,13,14,16);2*1H2. The van der Waals surface area contributed by atoms with Gasteiger partial charge in [-0.15, -0.1) is 0 Å². The van der Waals surface area contributed by atoms with Crippen LogP contribution in [-0.2, 0) is 6.54 Å². The molecule has 6 rings (SSSR count). The second-order valence-electron chi connectivity index (χ2n) is 10.4. The molecule has 1 N–H and O–H groups in total. The largest absolute Gasteiger partial charge is 0.307 e. The Bertz CT molecular complexity index is 1500. The van der Waals surface area contributed by atoms with Crippen molar-refractivity contribution in [2.24, 2.45) is 5.92 Å². The summed E-state index contributed by atoms with van der Waals surface area (Å²) < 4.78 is 31.1. The van der Waals surface area contributed by atoms with Crippen LogP contribution in [0.25, 0.3) is 11.0 Å². The molecule has 0 radical (unpaired) electrons. The normalized spacial score (nSPS) is 16.0. The van der Waals surface area contributed by atoms with Crippen LogP contribution in [0, 0.1) is 17.8 Å². The van der Waals surface area contributed by atoms with Crippen molar-refractivity contribution < 1.29 is 8.78 Å². The Morgan fingerprint density at radius 2 is 1.37 bits per heavy atom. The lowest BCUT2D eigenvalue weighted by molar-refractivity contribution is 0.446. The minimum Gasteiger partial charge on any atom is -0.307 e. The third-order valence-corrected chi connectivity index (χ3v) is 7.25. The van der Waals surface area contributed by atoms with Gasteiger partial charge in [-0.05, 0) is 55.9 Å². The summed E-state index contributed by atoms with van der Waals surface area (Å²) in [6.07, 6.45) is 8.76. The van der Waals surface area contributed by atoms with Crippen LogP contribution in [0.4, 0.5) is 8.78 Å². The van der Waals surface area contributed by atoms with E-state index < -0.39 is 11.9 Å². The Labute approximate surface area is 233 Å². The van der Waals surface area contributed by atoms with Crippen LogP contribution >= 0.6 is 27.0 Å². The fourth-order valence-electron chi connectivity index (χ4n) is 5.47. The van der Waals surface area contributed by atoms with E-state index in [1.807, 2.05) is 0 Å². The highest BCUT2D eigenvalue weighted by Crippen LogP contribution is 2.33. The summed E-state index contributed by atoms with van der Waals surface area (Å²) in [7, 11) is 0. The first kappa shape index (κ1) is 29.9. The van der Waals surface area contributed by atoms with Gasteiger partial charge in [0, 0.05) is 18.4 Å². The molecule has 208 valence electrons. The Balaban J connectivity index is 0.000000204. The van der Waals surface area contributed by atoms with Crippen LogP contribution in [-0.4, -0.2) is 28.8 Å². The SMILES string of the molecule is CC(C)Cn1c(C2CCCC2)nn2c(F)ccc2c1=O.O=c1[nH]c(C2CCCC2)nn2c(F)ccc12.S.S. The van der Waals surface area contributed by atoms with Crippen molar-refractivity contribution >= 4 is 38.0 Å². The van der Waals surface area contributed by atoms with Gasteiger partial charge in [0.15, 0.2) is 0 Å². The Kier molecular flexibility index (Phi) is 9.85. The minimum atomic E-state index is -0.486. The van der Waals surface area contributed by atoms with E-state index in [4.69, 9.17) is 0 Å². The van der Waals surface area contributed by atoms with Gasteiger partial charge in [0.2, 0.25) is 11.9 Å². The van der Waals surface area contributed by atoms with E-state index in [0.717, 1.165) is 66.2 Å². The highest BCUT2D eigenvalue weighted by atomic mass is 32.1. The fourth-order valence-corrected chi connectivity index (χ4v) is 5.47. The molecular weight excluding hydrogens is 530 g/mol. The number of nitrogens with zero attached hydrogens (tertiary/aromatic N) is 5. The first-order valence-corrected chi connectivity index (χ1v) is 12.9. The molecule has 0 atom stereocenters. The van der Waals surface area contributed by atoms with Crippen LogP contribution in [0.5, 0.6) is 0 Å². The average Bonchev–Trinajstić information content (AvgIpc) is 3.65. The van der Waals surface area contributed by atoms with Crippen molar-refractivity contribution in [2.45, 2.75) is 83.6 Å². The highest BCUT2D eigenvalue weighted by molar-refractivity contribution is 7.59. The molecule has 0 unspecified atom stereocenters. The zero-order chi connectivity index (χ0) is 25.4. The van der Waals surface area contributed by atoms with Crippen molar-refractivity contribution in [3.63, 3.8) is 0 Å². The first-order valence-electron chi connectivity index (χ1n) is 12.9. The van der Waals surface area contributed by atoms with E-state index in [1.165, 1.54) is 24.3 Å². The molecule has 0 aliphatic heterocycles. The van der Waals surface area contributed by atoms with Gasteiger partial charge in [-0.1, -0.05) is 39.5 Å². The number of halogens is 2. The lowest BCUT2D eigenvalue weighted by Crippen LogP contribution is -2.30. The van der Waals surface area contributed by atoms with Crippen molar-refractivity contribution in [3.05, 3.63) is 68.5 Å². The van der Waals surface area contributed by atoms with Gasteiger partial charge in [-0.2, -0.15) is 55.0 Å². The summed E-state index contributed by atoms with van der Waals surface area (Å²) >= 11 is 0. The maximum absolute atomic E-state index is 13.7. The number of hydrogen-bond acceptors (Lipinski definition) is 4. The second kappa shape index (κ2) is 12.5. The van der Waals surface area contributed by atoms with Crippen molar-refractivity contribution in [1.82, 2.24) is 28.8 Å². The minimum absolute atomic E-state index is 0. The fraction of sp³-hybridized carbons (Fsp3) is 0.538. The molecular formula is C26H36F2N6O2S2. The van der Waals surface area contributed by atoms with Crippen LogP contribution in [0.3, 0.4) is 0 Å². The molecule has 0 amide bonds. The van der Waals surface area contributed by atoms with Crippen LogP contribution in [0.15, 0.2) is 33.9 Å². The third-order valence-electron chi connectivity index (χ3n) is 7.25. The molecule has 0 aromatic carbocycles. The maximum Gasteiger partial charge on any atom is 0.278 e. The number of rotatable bonds is 4. The highest BCUT2D eigenvalue weighted by Gasteiger charge is 2.25. The molecule has 0 saturated heterocycles. The molecule has 2 aliphatic rings. The van der Waals surface area contributed by atoms with Gasteiger partial charge in [0.1, 0.15) is 22.7 Å². The van der Waals surface area contributed by atoms with Crippen LogP contribution in [0.2, 0.25) is 0 Å². The van der Waals surface area contributed by atoms with Gasteiger partial charge in [0.25, 0.3) is 11.1 Å². The third kappa shape index (κ3) is 5.85. The number of aromatic amines is 1. The summed E-state index contributed by atoms with van der Waals surface area (Å²) in [5, 5.41) is 8.60. The number of nitrogens with one attached hydrogen (secondary N) is 1. The van der Waals surface area contributed by atoms with E-state index in [-0.39, 0.29) is 55.5 Å². The van der Waals surface area contributed by atoms with Gasteiger partial charge >= 0.3 is 0 Å². The lowest BCUT2D eigenvalue weighted by Gasteiger charge is -2.18. The maximum atomic E-state index is 13.7. The molecule has 4 heterocycles. The van der Waals surface area contributed by atoms with Crippen molar-refractivity contribution in [2.75, 3.05) is 0 Å². The topological polar surface area (TPSA) is 89.5 Å². The van der Waals surface area contributed by atoms with E-state index >= 15 is 0 Å². The Morgan fingerprint density at radius 3 is 1.95 bits per heavy atom. The van der Waals surface area contributed by atoms with Crippen LogP contribution < -0.4 is 11.1 Å². The van der Waals surface area contributed by atoms with E-state index in [2.05, 4.69) is 29.0 Å². The molecule has 2 fully saturated rings. The monoisotopic (exact) mass is 566 g/mol. The first-order chi connectivity index (χ1) is 17.3. The number of aromatic nitrogens is 6. The quantitative estimate of drug-likeness (QED) is 0.377. The molecule has 0 spiro atoms. The zero-order valence-electron chi connectivity index (χ0n) is 21.7. The second-order valence-corrected chi connectivity index (χ2v) is 10.4. The summed E-state index contributed by atoms with van der Waals surface area (Å²) in [6.45, 7) is 4.79. The van der Waals surface area contributed by atoms with Crippen molar-refractivity contribution in [1.29, 1.82) is 0 Å². The molecule has 38 heavy (non-hydrogen) atoms. The Hall–Kier alpha value is -2.60. The molecule has 2 aliphatic carbocycles. The van der Waals surface area contributed by atoms with E-state index in [0.29, 0.717) is 23.8 Å². The van der Waals surface area contributed by atoms with E-state index in [9.17, 15) is 18.4 Å². The predicted molar refractivity (Wildman–Crippen MR) is 153 cm³/mol. The molecule has 4 aromatic heterocycles. The van der Waals surface area contributed by atoms with Crippen LogP contribution in [0.1, 0.15) is 88.7 Å². The smallest absolute Gasteiger partial charge is 0.278 e. The lowest BCUT2D eigenvalue weighted by atomic mass is 10.1. The molecule has 8 nitrogen and oxygen atoms in total. The number of H-pyrrole nitrogens is 1. The summed E-state index contributed by atoms with van der Waals surface area (Å²) in [5.41, 5.74) is 0.199. The average molecular weight is 567 g/mol. The molecule has 0 bridgehead atoms. The summed E-state index contributed by atoms with van der Waals surface area (Å²) in [6, 6.07) is 5.53. The molecule has 2 saturated carbocycles. The molecule has 12 heteroatoms. The van der Waals surface area contributed by atoms with Gasteiger partial charge in [-0.25, -0.2) is 0 Å². The summed E-state index contributed by atoms with van der Waals surface area (Å²) in [5.74, 6) is 1.34. The van der Waals surface area contributed by atoms with Crippen molar-refractivity contribution in [3.8, 4) is 0 Å². The van der Waals surface area contributed by atoms with Gasteiger partial charge < -0.3 is 4.98 Å². The number of fused-ring (bicyclic) bond motifs is 2. The van der Waals surface area contributed by atoms with Gasteiger partial charge in [-0.3, -0.25) is 14.2 Å². The zero-order valence-corrected chi connectivity index (χ0v) is 23.7. The number of hydrogen-bond donors (Lipinski definition) is 1. The predicted octanol–water partition coefficient (Wildman–Crippen LogP) is 4.99.